The van der Waals surface area contributed by atoms with E-state index in [0.29, 0.717) is 13.0 Å². The highest BCUT2D eigenvalue weighted by Crippen LogP contribution is 2.38. The fraction of sp³-hybridized carbons (Fsp3) is 0.500. The number of benzene rings is 1. The molecule has 1 amide bonds. The van der Waals surface area contributed by atoms with Crippen LogP contribution < -0.4 is 0 Å². The summed E-state index contributed by atoms with van der Waals surface area (Å²) < 4.78 is 0. The van der Waals surface area contributed by atoms with Gasteiger partial charge in [-0.2, -0.15) is 0 Å². The molecule has 3 rings (SSSR count). The van der Waals surface area contributed by atoms with E-state index in [2.05, 4.69) is 6.07 Å². The maximum atomic E-state index is 12.8. The lowest BCUT2D eigenvalue weighted by Crippen LogP contribution is -2.52. The maximum Gasteiger partial charge on any atom is 0.329 e. The first kappa shape index (κ1) is 13.2. The van der Waals surface area contributed by atoms with Gasteiger partial charge in [0, 0.05) is 6.54 Å². The number of carbonyl (C=O) groups is 2. The van der Waals surface area contributed by atoms with Crippen molar-refractivity contribution in [3.05, 3.63) is 35.4 Å². The molecule has 4 nitrogen and oxygen atoms in total. The second-order valence-electron chi connectivity index (χ2n) is 5.96. The molecule has 0 aromatic heterocycles. The van der Waals surface area contributed by atoms with Crippen molar-refractivity contribution in [1.29, 1.82) is 0 Å². The van der Waals surface area contributed by atoms with E-state index in [0.717, 1.165) is 24.8 Å². The molecule has 106 valence electrons. The SMILES string of the molecule is CC1(C(=O)O)CCCN1C(=O)C1CCc2ccccc21. The van der Waals surface area contributed by atoms with Crippen molar-refractivity contribution in [2.24, 2.45) is 0 Å². The van der Waals surface area contributed by atoms with E-state index in [9.17, 15) is 14.7 Å². The zero-order valence-corrected chi connectivity index (χ0v) is 11.6. The number of hydrogen-bond donors (Lipinski definition) is 1. The molecule has 1 saturated heterocycles. The number of fused-ring (bicyclic) bond motifs is 1. The van der Waals surface area contributed by atoms with Crippen LogP contribution in [-0.2, 0) is 16.0 Å². The van der Waals surface area contributed by atoms with Crippen molar-refractivity contribution < 1.29 is 14.7 Å². The van der Waals surface area contributed by atoms with Crippen LogP contribution in [0.3, 0.4) is 0 Å². The van der Waals surface area contributed by atoms with Crippen LogP contribution in [0.2, 0.25) is 0 Å². The van der Waals surface area contributed by atoms with Gasteiger partial charge in [0.05, 0.1) is 5.92 Å². The number of aliphatic carboxylic acids is 1. The lowest BCUT2D eigenvalue weighted by atomic mass is 9.95. The molecule has 1 aliphatic heterocycles. The van der Waals surface area contributed by atoms with Crippen LogP contribution in [0.5, 0.6) is 0 Å². The number of carboxylic acids is 1. The molecule has 1 heterocycles. The molecular weight excluding hydrogens is 254 g/mol. The van der Waals surface area contributed by atoms with Crippen LogP contribution in [-0.4, -0.2) is 34.0 Å². The predicted molar refractivity (Wildman–Crippen MR) is 74.5 cm³/mol. The van der Waals surface area contributed by atoms with Gasteiger partial charge >= 0.3 is 5.97 Å². The minimum absolute atomic E-state index is 0.0163. The topological polar surface area (TPSA) is 57.6 Å². The standard InChI is InChI=1S/C16H19NO3/c1-16(15(19)20)9-4-10-17(16)14(18)13-8-7-11-5-2-3-6-12(11)13/h2-3,5-6,13H,4,7-10H2,1H3,(H,19,20). The average molecular weight is 273 g/mol. The van der Waals surface area contributed by atoms with Gasteiger partial charge < -0.3 is 10.0 Å². The molecule has 0 radical (unpaired) electrons. The quantitative estimate of drug-likeness (QED) is 0.898. The van der Waals surface area contributed by atoms with Gasteiger partial charge in [0.15, 0.2) is 0 Å². The average Bonchev–Trinajstić information content (AvgIpc) is 3.02. The van der Waals surface area contributed by atoms with Crippen LogP contribution in [0.15, 0.2) is 24.3 Å². The summed E-state index contributed by atoms with van der Waals surface area (Å²) in [4.78, 5) is 25.9. The first-order valence-corrected chi connectivity index (χ1v) is 7.17. The van der Waals surface area contributed by atoms with Crippen molar-refractivity contribution in [3.8, 4) is 0 Å². The Labute approximate surface area is 118 Å². The summed E-state index contributed by atoms with van der Waals surface area (Å²) in [5.41, 5.74) is 1.27. The Bertz CT molecular complexity index is 569. The molecule has 1 aromatic carbocycles. The van der Waals surface area contributed by atoms with Crippen molar-refractivity contribution in [3.63, 3.8) is 0 Å². The number of nitrogens with zero attached hydrogens (tertiary/aromatic N) is 1. The Balaban J connectivity index is 1.89. The Morgan fingerprint density at radius 2 is 2.10 bits per heavy atom. The molecule has 1 aliphatic carbocycles. The highest BCUT2D eigenvalue weighted by atomic mass is 16.4. The lowest BCUT2D eigenvalue weighted by molar-refractivity contribution is -0.155. The molecule has 1 N–H and O–H groups in total. The number of amides is 1. The zero-order valence-electron chi connectivity index (χ0n) is 11.6. The molecule has 4 heteroatoms. The van der Waals surface area contributed by atoms with Gasteiger partial charge in [-0.3, -0.25) is 4.79 Å². The smallest absolute Gasteiger partial charge is 0.329 e. The summed E-state index contributed by atoms with van der Waals surface area (Å²) in [6, 6.07) is 8.00. The summed E-state index contributed by atoms with van der Waals surface area (Å²) >= 11 is 0. The third kappa shape index (κ3) is 1.82. The van der Waals surface area contributed by atoms with E-state index in [-0.39, 0.29) is 11.8 Å². The fourth-order valence-electron chi connectivity index (χ4n) is 3.54. The third-order valence-electron chi connectivity index (χ3n) is 4.80. The van der Waals surface area contributed by atoms with E-state index in [1.54, 1.807) is 11.8 Å². The Morgan fingerprint density at radius 1 is 1.35 bits per heavy atom. The van der Waals surface area contributed by atoms with Crippen LogP contribution in [0.25, 0.3) is 0 Å². The zero-order chi connectivity index (χ0) is 14.3. The van der Waals surface area contributed by atoms with E-state index in [1.807, 2.05) is 18.2 Å². The number of aryl methyl sites for hydroxylation is 1. The largest absolute Gasteiger partial charge is 0.480 e. The van der Waals surface area contributed by atoms with Crippen molar-refractivity contribution in [1.82, 2.24) is 4.90 Å². The van der Waals surface area contributed by atoms with Crippen molar-refractivity contribution >= 4 is 11.9 Å². The Morgan fingerprint density at radius 3 is 2.85 bits per heavy atom. The second-order valence-corrected chi connectivity index (χ2v) is 5.96. The molecule has 0 bridgehead atoms. The minimum Gasteiger partial charge on any atom is -0.480 e. The monoisotopic (exact) mass is 273 g/mol. The predicted octanol–water partition coefficient (Wildman–Crippen LogP) is 2.18. The highest BCUT2D eigenvalue weighted by molar-refractivity contribution is 5.91. The normalized spacial score (nSPS) is 28.4. The van der Waals surface area contributed by atoms with Gasteiger partial charge in [-0.05, 0) is 43.7 Å². The highest BCUT2D eigenvalue weighted by Gasteiger charge is 2.48. The van der Waals surface area contributed by atoms with Crippen LogP contribution in [0.1, 0.15) is 43.2 Å². The third-order valence-corrected chi connectivity index (χ3v) is 4.80. The molecule has 1 fully saturated rings. The van der Waals surface area contributed by atoms with Crippen LogP contribution in [0.4, 0.5) is 0 Å². The van der Waals surface area contributed by atoms with Gasteiger partial charge in [0.2, 0.25) is 5.91 Å². The molecule has 0 saturated carbocycles. The van der Waals surface area contributed by atoms with Gasteiger partial charge in [0.25, 0.3) is 0 Å². The van der Waals surface area contributed by atoms with Crippen LogP contribution in [0, 0.1) is 0 Å². The van der Waals surface area contributed by atoms with Crippen LogP contribution >= 0.6 is 0 Å². The number of carboxylic acid groups (broad SMARTS) is 1. The Hall–Kier alpha value is -1.84. The Kier molecular flexibility index (Phi) is 3.04. The minimum atomic E-state index is -1.03. The van der Waals surface area contributed by atoms with Gasteiger partial charge in [0.1, 0.15) is 5.54 Å². The molecule has 2 unspecified atom stereocenters. The second kappa shape index (κ2) is 4.62. The van der Waals surface area contributed by atoms with Gasteiger partial charge in [-0.1, -0.05) is 24.3 Å². The molecule has 2 atom stereocenters. The first-order chi connectivity index (χ1) is 9.54. The van der Waals surface area contributed by atoms with Crippen molar-refractivity contribution in [2.75, 3.05) is 6.54 Å². The summed E-state index contributed by atoms with van der Waals surface area (Å²) in [6.07, 6.45) is 3.01. The molecule has 1 aromatic rings. The summed E-state index contributed by atoms with van der Waals surface area (Å²) in [7, 11) is 0. The first-order valence-electron chi connectivity index (χ1n) is 7.17. The number of carbonyl (C=O) groups excluding carboxylic acids is 1. The molecule has 20 heavy (non-hydrogen) atoms. The molecule has 2 aliphatic rings. The molecule has 0 spiro atoms. The van der Waals surface area contributed by atoms with Gasteiger partial charge in [-0.15, -0.1) is 0 Å². The van der Waals surface area contributed by atoms with E-state index >= 15 is 0 Å². The van der Waals surface area contributed by atoms with Crippen molar-refractivity contribution in [2.45, 2.75) is 44.1 Å². The fourth-order valence-corrected chi connectivity index (χ4v) is 3.54. The van der Waals surface area contributed by atoms with E-state index in [1.165, 1.54) is 5.56 Å². The summed E-state index contributed by atoms with van der Waals surface area (Å²) in [5.74, 6) is -1.07. The summed E-state index contributed by atoms with van der Waals surface area (Å²) in [6.45, 7) is 2.22. The van der Waals surface area contributed by atoms with Gasteiger partial charge in [-0.25, -0.2) is 4.79 Å². The van der Waals surface area contributed by atoms with E-state index < -0.39 is 11.5 Å². The summed E-state index contributed by atoms with van der Waals surface area (Å²) in [5, 5.41) is 9.44. The number of likely N-dealkylation sites (tertiary alicyclic amines) is 1. The molecular formula is C16H19NO3. The van der Waals surface area contributed by atoms with E-state index in [4.69, 9.17) is 0 Å². The number of hydrogen-bond acceptors (Lipinski definition) is 2. The lowest BCUT2D eigenvalue weighted by Gasteiger charge is -2.33. The number of rotatable bonds is 2. The maximum absolute atomic E-state index is 12.8.